The molecule has 0 radical (unpaired) electrons. The first kappa shape index (κ1) is 20.9. The molecule has 1 aliphatic rings. The van der Waals surface area contributed by atoms with Crippen LogP contribution in [0.1, 0.15) is 20.7 Å². The normalized spacial score (nSPS) is 22.8. The Morgan fingerprint density at radius 1 is 0.897 bits per heavy atom. The number of methoxy groups -OCH3 is 1. The highest BCUT2D eigenvalue weighted by Gasteiger charge is 2.56. The van der Waals surface area contributed by atoms with Gasteiger partial charge in [0.15, 0.2) is 11.9 Å². The van der Waals surface area contributed by atoms with E-state index in [1.54, 1.807) is 60.7 Å². The number of esters is 2. The van der Waals surface area contributed by atoms with Gasteiger partial charge in [-0.05, 0) is 24.3 Å². The van der Waals surface area contributed by atoms with Gasteiger partial charge >= 0.3 is 11.9 Å². The SMILES string of the molecule is COC1OC(COC(=O)c2ccccc2)(COC(=O)c2ccccc2)[C@@H](O)[C@H]1O. The second-order valence-electron chi connectivity index (χ2n) is 6.61. The molecule has 1 aliphatic heterocycles. The highest BCUT2D eigenvalue weighted by molar-refractivity contribution is 5.89. The van der Waals surface area contributed by atoms with Crippen LogP contribution in [0, 0.1) is 0 Å². The molecule has 154 valence electrons. The van der Waals surface area contributed by atoms with Crippen molar-refractivity contribution in [3.8, 4) is 0 Å². The highest BCUT2D eigenvalue weighted by atomic mass is 16.7. The third-order valence-electron chi connectivity index (χ3n) is 4.64. The standard InChI is InChI=1S/C21H22O8/c1-26-20-16(22)17(23)21(29-20,12-27-18(24)14-8-4-2-5-9-14)13-28-19(25)15-10-6-3-7-11-15/h2-11,16-17,20,22-23H,12-13H2,1H3/t16-,17+,20?/m1/s1. The number of rotatable bonds is 7. The molecule has 1 heterocycles. The predicted octanol–water partition coefficient (Wildman–Crippen LogP) is 1.16. The molecule has 3 atom stereocenters. The topological polar surface area (TPSA) is 112 Å². The number of ether oxygens (including phenoxy) is 4. The van der Waals surface area contributed by atoms with Gasteiger partial charge in [-0.1, -0.05) is 36.4 Å². The Kier molecular flexibility index (Phi) is 6.60. The van der Waals surface area contributed by atoms with Crippen molar-refractivity contribution in [2.45, 2.75) is 24.1 Å². The second kappa shape index (κ2) is 9.15. The summed E-state index contributed by atoms with van der Waals surface area (Å²) in [7, 11) is 1.29. The molecule has 1 saturated heterocycles. The van der Waals surface area contributed by atoms with Crippen LogP contribution in [-0.4, -0.2) is 66.6 Å². The van der Waals surface area contributed by atoms with Gasteiger partial charge in [-0.15, -0.1) is 0 Å². The summed E-state index contributed by atoms with van der Waals surface area (Å²) < 4.78 is 21.2. The molecule has 8 nitrogen and oxygen atoms in total. The van der Waals surface area contributed by atoms with Crippen molar-refractivity contribution in [2.75, 3.05) is 20.3 Å². The lowest BCUT2D eigenvalue weighted by atomic mass is 9.97. The molecule has 0 bridgehead atoms. The number of hydrogen-bond donors (Lipinski definition) is 2. The number of aliphatic hydroxyl groups is 2. The third kappa shape index (κ3) is 4.63. The largest absolute Gasteiger partial charge is 0.459 e. The van der Waals surface area contributed by atoms with Gasteiger partial charge in [0.2, 0.25) is 0 Å². The molecular formula is C21H22O8. The lowest BCUT2D eigenvalue weighted by Crippen LogP contribution is -2.51. The van der Waals surface area contributed by atoms with Crippen LogP contribution < -0.4 is 0 Å². The minimum absolute atomic E-state index is 0.306. The molecule has 1 fully saturated rings. The van der Waals surface area contributed by atoms with Crippen molar-refractivity contribution in [2.24, 2.45) is 0 Å². The van der Waals surface area contributed by atoms with Gasteiger partial charge in [0.25, 0.3) is 0 Å². The molecule has 29 heavy (non-hydrogen) atoms. The van der Waals surface area contributed by atoms with Crippen molar-refractivity contribution in [1.82, 2.24) is 0 Å². The first-order valence-corrected chi connectivity index (χ1v) is 8.98. The van der Waals surface area contributed by atoms with Crippen LogP contribution in [0.3, 0.4) is 0 Å². The van der Waals surface area contributed by atoms with E-state index in [4.69, 9.17) is 18.9 Å². The van der Waals surface area contributed by atoms with E-state index in [1.165, 1.54) is 7.11 Å². The molecule has 0 aliphatic carbocycles. The van der Waals surface area contributed by atoms with Crippen LogP contribution in [0.5, 0.6) is 0 Å². The molecule has 0 saturated carbocycles. The summed E-state index contributed by atoms with van der Waals surface area (Å²) in [6.07, 6.45) is -4.10. The first-order chi connectivity index (χ1) is 14.0. The van der Waals surface area contributed by atoms with Crippen LogP contribution in [0.4, 0.5) is 0 Å². The Labute approximate surface area is 167 Å². The number of carbonyl (C=O) groups is 2. The fourth-order valence-corrected chi connectivity index (χ4v) is 2.99. The average molecular weight is 402 g/mol. The first-order valence-electron chi connectivity index (χ1n) is 8.98. The maximum atomic E-state index is 12.3. The predicted molar refractivity (Wildman–Crippen MR) is 100 cm³/mol. The summed E-state index contributed by atoms with van der Waals surface area (Å²) in [5, 5.41) is 20.7. The van der Waals surface area contributed by atoms with E-state index in [0.717, 1.165) is 0 Å². The van der Waals surface area contributed by atoms with Crippen LogP contribution >= 0.6 is 0 Å². The van der Waals surface area contributed by atoms with Gasteiger partial charge in [-0.25, -0.2) is 9.59 Å². The Morgan fingerprint density at radius 2 is 1.34 bits per heavy atom. The van der Waals surface area contributed by atoms with E-state index in [-0.39, 0.29) is 0 Å². The molecule has 2 aromatic carbocycles. The molecule has 0 spiro atoms. The van der Waals surface area contributed by atoms with E-state index in [9.17, 15) is 19.8 Å². The van der Waals surface area contributed by atoms with Crippen molar-refractivity contribution in [3.05, 3.63) is 71.8 Å². The minimum Gasteiger partial charge on any atom is -0.459 e. The summed E-state index contributed by atoms with van der Waals surface area (Å²) in [5.74, 6) is -1.30. The van der Waals surface area contributed by atoms with Crippen LogP contribution in [0.2, 0.25) is 0 Å². The third-order valence-corrected chi connectivity index (χ3v) is 4.64. The summed E-state index contributed by atoms with van der Waals surface area (Å²) in [6.45, 7) is -0.915. The summed E-state index contributed by atoms with van der Waals surface area (Å²) in [5.41, 5.74) is -1.07. The van der Waals surface area contributed by atoms with E-state index < -0.39 is 49.3 Å². The molecular weight excluding hydrogens is 380 g/mol. The fourth-order valence-electron chi connectivity index (χ4n) is 2.99. The maximum absolute atomic E-state index is 12.3. The Morgan fingerprint density at radius 3 is 1.72 bits per heavy atom. The summed E-state index contributed by atoms with van der Waals surface area (Å²) in [4.78, 5) is 24.6. The zero-order valence-electron chi connectivity index (χ0n) is 15.8. The lowest BCUT2D eigenvalue weighted by Gasteiger charge is -2.30. The highest BCUT2D eigenvalue weighted by Crippen LogP contribution is 2.33. The number of carbonyl (C=O) groups excluding carboxylic acids is 2. The fraction of sp³-hybridized carbons (Fsp3) is 0.333. The van der Waals surface area contributed by atoms with Crippen molar-refractivity contribution >= 4 is 11.9 Å². The molecule has 8 heteroatoms. The number of benzene rings is 2. The van der Waals surface area contributed by atoms with Crippen LogP contribution in [0.15, 0.2) is 60.7 Å². The summed E-state index contributed by atoms with van der Waals surface area (Å²) in [6, 6.07) is 16.5. The monoisotopic (exact) mass is 402 g/mol. The molecule has 0 amide bonds. The molecule has 1 unspecified atom stereocenters. The Bertz CT molecular complexity index is 768. The van der Waals surface area contributed by atoms with Crippen molar-refractivity contribution < 1.29 is 38.7 Å². The second-order valence-corrected chi connectivity index (χ2v) is 6.61. The molecule has 2 aromatic rings. The van der Waals surface area contributed by atoms with E-state index >= 15 is 0 Å². The van der Waals surface area contributed by atoms with Crippen LogP contribution in [-0.2, 0) is 18.9 Å². The molecule has 2 N–H and O–H groups in total. The number of aliphatic hydroxyl groups excluding tert-OH is 2. The Hall–Kier alpha value is -2.78. The van der Waals surface area contributed by atoms with Gasteiger partial charge in [0.05, 0.1) is 11.1 Å². The number of hydrogen-bond acceptors (Lipinski definition) is 8. The smallest absolute Gasteiger partial charge is 0.338 e. The van der Waals surface area contributed by atoms with Gasteiger partial charge in [-0.2, -0.15) is 0 Å². The van der Waals surface area contributed by atoms with Gasteiger partial charge in [-0.3, -0.25) is 0 Å². The molecule has 0 aromatic heterocycles. The van der Waals surface area contributed by atoms with Crippen molar-refractivity contribution in [1.29, 1.82) is 0 Å². The quantitative estimate of drug-likeness (QED) is 0.664. The van der Waals surface area contributed by atoms with Crippen LogP contribution in [0.25, 0.3) is 0 Å². The average Bonchev–Trinajstić information content (AvgIpc) is 3.02. The van der Waals surface area contributed by atoms with Gasteiger partial charge in [0.1, 0.15) is 25.4 Å². The zero-order valence-corrected chi connectivity index (χ0v) is 15.8. The van der Waals surface area contributed by atoms with Crippen molar-refractivity contribution in [3.63, 3.8) is 0 Å². The van der Waals surface area contributed by atoms with Gasteiger partial charge < -0.3 is 29.2 Å². The van der Waals surface area contributed by atoms with E-state index in [2.05, 4.69) is 0 Å². The maximum Gasteiger partial charge on any atom is 0.338 e. The lowest BCUT2D eigenvalue weighted by molar-refractivity contribution is -0.199. The Balaban J connectivity index is 1.74. The summed E-state index contributed by atoms with van der Waals surface area (Å²) >= 11 is 0. The minimum atomic E-state index is -1.69. The van der Waals surface area contributed by atoms with E-state index in [0.29, 0.717) is 11.1 Å². The molecule has 3 rings (SSSR count). The van der Waals surface area contributed by atoms with E-state index in [1.807, 2.05) is 0 Å². The zero-order chi connectivity index (χ0) is 20.9. The van der Waals surface area contributed by atoms with Gasteiger partial charge in [0, 0.05) is 7.11 Å².